The molecule has 0 unspecified atom stereocenters. The van der Waals surface area contributed by atoms with E-state index in [1.165, 1.54) is 30.2 Å². The highest BCUT2D eigenvalue weighted by Crippen LogP contribution is 2.18. The molecule has 0 spiro atoms. The van der Waals surface area contributed by atoms with Crippen molar-refractivity contribution in [1.29, 1.82) is 0 Å². The Bertz CT molecular complexity index is 2110. The van der Waals surface area contributed by atoms with Gasteiger partial charge >= 0.3 is 5.97 Å². The van der Waals surface area contributed by atoms with E-state index in [0.717, 1.165) is 38.2 Å². The molecule has 22 nitrogen and oxygen atoms in total. The molecule has 1 heterocycles. The molecule has 0 saturated heterocycles. The Morgan fingerprint density at radius 2 is 1.33 bits per heavy atom. The number of carbonyl (C=O) groups is 9. The summed E-state index contributed by atoms with van der Waals surface area (Å²) >= 11 is 0. The molecule has 0 saturated carbocycles. The van der Waals surface area contributed by atoms with Gasteiger partial charge in [-0.15, -0.1) is 0 Å². The number of allylic oxidation sites excluding steroid dienone is 1. The van der Waals surface area contributed by atoms with Crippen LogP contribution in [0.15, 0.2) is 48.6 Å². The van der Waals surface area contributed by atoms with Crippen molar-refractivity contribution in [1.82, 2.24) is 42.1 Å². The summed E-state index contributed by atoms with van der Waals surface area (Å²) in [4.78, 5) is 122. The van der Waals surface area contributed by atoms with Crippen LogP contribution in [0.4, 0.5) is 0 Å². The molecule has 0 aromatic heterocycles. The topological polar surface area (TPSA) is 331 Å². The van der Waals surface area contributed by atoms with E-state index < -0.39 is 158 Å². The molecule has 0 aliphatic carbocycles. The van der Waals surface area contributed by atoms with E-state index in [4.69, 9.17) is 4.74 Å². The van der Waals surface area contributed by atoms with Crippen molar-refractivity contribution in [3.63, 3.8) is 0 Å². The van der Waals surface area contributed by atoms with E-state index in [1.54, 1.807) is 73.6 Å². The number of nitrogens with zero attached hydrogens (tertiary/aromatic N) is 1. The zero-order valence-corrected chi connectivity index (χ0v) is 45.2. The Hall–Kier alpha value is -6.39. The van der Waals surface area contributed by atoms with Crippen molar-refractivity contribution in [3.05, 3.63) is 54.1 Å². The highest BCUT2D eigenvalue weighted by Gasteiger charge is 2.37. The molecule has 420 valence electrons. The van der Waals surface area contributed by atoms with Crippen LogP contribution in [0.3, 0.4) is 0 Å². The highest BCUT2D eigenvalue weighted by atomic mass is 16.5. The number of likely N-dealkylation sites (N-methyl/N-ethyl adjacent to an activating group) is 1. The van der Waals surface area contributed by atoms with E-state index in [9.17, 15) is 63.6 Å². The summed E-state index contributed by atoms with van der Waals surface area (Å²) in [7, 11) is 1.41. The van der Waals surface area contributed by atoms with Crippen LogP contribution in [0.2, 0.25) is 0 Å². The van der Waals surface area contributed by atoms with Crippen molar-refractivity contribution < 1.29 is 68.3 Å². The number of hydrogen-bond donors (Lipinski definition) is 11. The molecule has 1 aliphatic heterocycles. The van der Waals surface area contributed by atoms with Gasteiger partial charge in [-0.05, 0) is 54.2 Å². The number of aliphatic hydroxyl groups is 3. The molecule has 75 heavy (non-hydrogen) atoms. The van der Waals surface area contributed by atoms with Gasteiger partial charge in [-0.1, -0.05) is 112 Å². The first-order valence-corrected chi connectivity index (χ1v) is 25.9. The maximum atomic E-state index is 13.8. The molecule has 1 aromatic carbocycles. The third-order valence-electron chi connectivity index (χ3n) is 12.6. The van der Waals surface area contributed by atoms with Gasteiger partial charge in [0, 0.05) is 26.0 Å². The lowest BCUT2D eigenvalue weighted by Gasteiger charge is -2.32. The summed E-state index contributed by atoms with van der Waals surface area (Å²) in [5, 5.41) is 59.1. The van der Waals surface area contributed by atoms with Crippen molar-refractivity contribution in [2.24, 2.45) is 23.7 Å². The molecule has 0 fully saturated rings. The Labute approximate surface area is 441 Å². The van der Waals surface area contributed by atoms with Crippen molar-refractivity contribution in [2.75, 3.05) is 26.9 Å². The monoisotopic (exact) mass is 1060 g/mol. The number of benzene rings is 1. The first kappa shape index (κ1) is 64.7. The van der Waals surface area contributed by atoms with E-state index in [-0.39, 0.29) is 18.6 Å². The number of nitrogens with one attached hydrogen (secondary N) is 7. The molecule has 1 aliphatic rings. The molecule has 0 radical (unpaired) electrons. The molecule has 2 rings (SSSR count). The number of aromatic hydroxyl groups is 1. The predicted octanol–water partition coefficient (Wildman–Crippen LogP) is 0.545. The van der Waals surface area contributed by atoms with Crippen LogP contribution < -0.4 is 37.2 Å². The van der Waals surface area contributed by atoms with Gasteiger partial charge in [0.15, 0.2) is 0 Å². The average Bonchev–Trinajstić information content (AvgIpc) is 3.35. The summed E-state index contributed by atoms with van der Waals surface area (Å²) in [6.07, 6.45) is 8.60. The lowest BCUT2D eigenvalue weighted by Crippen LogP contribution is -2.61. The molecule has 1 aromatic rings. The van der Waals surface area contributed by atoms with Crippen LogP contribution in [-0.2, 0) is 54.3 Å². The first-order valence-electron chi connectivity index (χ1n) is 25.9. The standard InChI is InChI=1S/C53H84N8O14/c1-11-12-13-14-15-16-17-18-41(66)55-38(28-63)48(69)59-46(32(6)7)51(72)60-45(31(4)5)50(71)56-37(27-62)40(65)26-43(68)58-44(30(2)3)49(70)54-35-21-24-42(67)57-47(33(8)9)52(73)61(10)39(53(74)75-29-35)25-34-19-22-36(64)23-20-34/h16-17,19-24,30-33,35,37-40,44-47,62-65H,11-15,18,25-29H2,1-10H3,(H,54,70)(H,55,66)(H,56,71)(H,57,67)(H,58,68)(H,59,69)(H,60,72)/b17-16-,24-21?/t35-,37+,38+,39+,40+,44+,45+,46+,47+/m1/s1. The SMILES string of the molecule is CCCCCC/C=C\CC(=O)N[C@@H](CO)C(=O)N[C@H](C(=O)N[C@H](C(=O)N[C@@H](CO)[C@@H](O)CC(=O)N[C@H](C(=O)N[C@@H]1C=CC(=O)N[C@@H](C(C)C)C(=O)N(C)[C@@H](Cc2ccc(O)cc2)C(=O)OC1)C(C)C)C(C)C)C(C)C. The fourth-order valence-electron chi connectivity index (χ4n) is 7.86. The molecule has 22 heteroatoms. The van der Waals surface area contributed by atoms with Crippen LogP contribution in [0.5, 0.6) is 5.75 Å². The Morgan fingerprint density at radius 1 is 0.747 bits per heavy atom. The number of cyclic esters (lactones) is 1. The van der Waals surface area contributed by atoms with Gasteiger partial charge in [0.25, 0.3) is 0 Å². The number of amides is 8. The maximum Gasteiger partial charge on any atom is 0.329 e. The van der Waals surface area contributed by atoms with Crippen LogP contribution in [0, 0.1) is 23.7 Å². The van der Waals surface area contributed by atoms with Crippen LogP contribution in [0.25, 0.3) is 0 Å². The fourth-order valence-corrected chi connectivity index (χ4v) is 7.86. The van der Waals surface area contributed by atoms with Crippen molar-refractivity contribution >= 4 is 53.2 Å². The Kier molecular flexibility index (Phi) is 28.3. The Morgan fingerprint density at radius 3 is 1.89 bits per heavy atom. The second-order valence-electron chi connectivity index (χ2n) is 20.3. The summed E-state index contributed by atoms with van der Waals surface area (Å²) in [5.74, 6) is -8.66. The molecular weight excluding hydrogens is 973 g/mol. The zero-order valence-electron chi connectivity index (χ0n) is 45.2. The number of aliphatic hydroxyl groups excluding tert-OH is 3. The predicted molar refractivity (Wildman–Crippen MR) is 279 cm³/mol. The molecule has 11 N–H and O–H groups in total. The summed E-state index contributed by atoms with van der Waals surface area (Å²) in [5.41, 5.74) is 0.596. The maximum absolute atomic E-state index is 13.8. The van der Waals surface area contributed by atoms with E-state index in [1.807, 2.05) is 6.08 Å². The molecule has 0 bridgehead atoms. The smallest absolute Gasteiger partial charge is 0.329 e. The second-order valence-corrected chi connectivity index (χ2v) is 20.3. The quantitative estimate of drug-likeness (QED) is 0.0310. The fraction of sp³-hybridized carbons (Fsp3) is 0.642. The lowest BCUT2D eigenvalue weighted by atomic mass is 9.98. The van der Waals surface area contributed by atoms with Gasteiger partial charge < -0.3 is 67.3 Å². The number of carbonyl (C=O) groups excluding carboxylic acids is 9. The third-order valence-corrected chi connectivity index (χ3v) is 12.6. The molecular formula is C53H84N8O14. The minimum Gasteiger partial charge on any atom is -0.508 e. The number of ether oxygens (including phenoxy) is 1. The Balaban J connectivity index is 2.16. The normalized spacial score (nSPS) is 19.0. The largest absolute Gasteiger partial charge is 0.508 e. The van der Waals surface area contributed by atoms with Crippen molar-refractivity contribution in [2.45, 2.75) is 168 Å². The van der Waals surface area contributed by atoms with Crippen LogP contribution in [0.1, 0.15) is 113 Å². The second kappa shape index (κ2) is 32.8. The van der Waals surface area contributed by atoms with Crippen molar-refractivity contribution in [3.8, 4) is 5.75 Å². The minimum atomic E-state index is -1.71. The van der Waals surface area contributed by atoms with Crippen LogP contribution >= 0.6 is 0 Å². The van der Waals surface area contributed by atoms with Gasteiger partial charge in [0.05, 0.1) is 37.8 Å². The van der Waals surface area contributed by atoms with E-state index in [0.29, 0.717) is 5.56 Å². The lowest BCUT2D eigenvalue weighted by molar-refractivity contribution is -0.156. The summed E-state index contributed by atoms with van der Waals surface area (Å²) in [6, 6.07) is -3.87. The minimum absolute atomic E-state index is 0.00339. The van der Waals surface area contributed by atoms with Gasteiger partial charge in [-0.25, -0.2) is 4.79 Å². The third kappa shape index (κ3) is 22.2. The summed E-state index contributed by atoms with van der Waals surface area (Å²) < 4.78 is 5.65. The molecule has 8 amide bonds. The van der Waals surface area contributed by atoms with E-state index >= 15 is 0 Å². The highest BCUT2D eigenvalue weighted by molar-refractivity contribution is 5.96. The number of unbranched alkanes of at least 4 members (excludes halogenated alkanes) is 4. The number of rotatable bonds is 28. The van der Waals surface area contributed by atoms with Gasteiger partial charge in [0.1, 0.15) is 48.6 Å². The zero-order chi connectivity index (χ0) is 56.5. The number of esters is 1. The van der Waals surface area contributed by atoms with Crippen LogP contribution in [-0.4, -0.2) is 160 Å². The van der Waals surface area contributed by atoms with Gasteiger partial charge in [-0.2, -0.15) is 0 Å². The first-order chi connectivity index (χ1) is 35.3. The number of hydrogen-bond acceptors (Lipinski definition) is 14. The summed E-state index contributed by atoms with van der Waals surface area (Å²) in [6.45, 7) is 13.3. The average molecular weight is 1060 g/mol. The van der Waals surface area contributed by atoms with E-state index in [2.05, 4.69) is 44.1 Å². The number of phenols is 1. The van der Waals surface area contributed by atoms with Gasteiger partial charge in [-0.3, -0.25) is 38.4 Å². The van der Waals surface area contributed by atoms with Gasteiger partial charge in [0.2, 0.25) is 47.3 Å². The number of phenolic OH excluding ortho intramolecular Hbond substituents is 1. The molecule has 9 atom stereocenters.